The summed E-state index contributed by atoms with van der Waals surface area (Å²) in [6.07, 6.45) is 10.0. The van der Waals surface area contributed by atoms with Crippen molar-refractivity contribution < 1.29 is 8.78 Å². The highest BCUT2D eigenvalue weighted by Crippen LogP contribution is 2.35. The molecule has 2 saturated heterocycles. The van der Waals surface area contributed by atoms with E-state index in [1.165, 1.54) is 30.4 Å². The predicted molar refractivity (Wildman–Crippen MR) is 120 cm³/mol. The Balaban J connectivity index is 1.25. The summed E-state index contributed by atoms with van der Waals surface area (Å²) >= 11 is 0. The first kappa shape index (κ1) is 20.5. The van der Waals surface area contributed by atoms with Crippen LogP contribution < -0.4 is 5.32 Å². The van der Waals surface area contributed by atoms with Crippen molar-refractivity contribution in [1.82, 2.24) is 10.2 Å². The Kier molecular flexibility index (Phi) is 5.93. The molecule has 0 amide bonds. The highest BCUT2D eigenvalue weighted by molar-refractivity contribution is 5.82. The molecule has 0 unspecified atom stereocenters. The lowest BCUT2D eigenvalue weighted by atomic mass is 9.84. The van der Waals surface area contributed by atoms with Crippen molar-refractivity contribution in [2.75, 3.05) is 0 Å². The van der Waals surface area contributed by atoms with Crippen LogP contribution >= 0.6 is 0 Å². The normalized spacial score (nSPS) is 27.3. The molecule has 0 spiro atoms. The zero-order chi connectivity index (χ0) is 21.2. The van der Waals surface area contributed by atoms with E-state index in [0.717, 1.165) is 44.5 Å². The first-order valence-electron chi connectivity index (χ1n) is 11.8. The van der Waals surface area contributed by atoms with Crippen LogP contribution in [-0.4, -0.2) is 35.0 Å². The lowest BCUT2D eigenvalue weighted by Crippen LogP contribution is -2.64. The lowest BCUT2D eigenvalue weighted by Gasteiger charge is -2.52. The van der Waals surface area contributed by atoms with Gasteiger partial charge in [0.1, 0.15) is 11.6 Å². The number of nitrogens with zero attached hydrogens (tertiary/aromatic N) is 2. The summed E-state index contributed by atoms with van der Waals surface area (Å²) in [7, 11) is 0. The summed E-state index contributed by atoms with van der Waals surface area (Å²) in [5, 5.41) is 3.75. The number of rotatable bonds is 6. The molecule has 0 radical (unpaired) electrons. The maximum absolute atomic E-state index is 13.2. The highest BCUT2D eigenvalue weighted by Gasteiger charge is 2.41. The molecule has 1 N–H and O–H groups in total. The number of hydrogen-bond donors (Lipinski definition) is 1. The first-order chi connectivity index (χ1) is 15.1. The minimum absolute atomic E-state index is 0.174. The summed E-state index contributed by atoms with van der Waals surface area (Å²) in [5.74, 6) is 0.746. The third-order valence-corrected chi connectivity index (χ3v) is 7.22. The average Bonchev–Trinajstić information content (AvgIpc) is 2.78. The molecule has 5 heteroatoms. The molecule has 3 aliphatic rings. The smallest absolute Gasteiger partial charge is 0.194 e. The summed E-state index contributed by atoms with van der Waals surface area (Å²) in [4.78, 5) is 7.72. The number of guanidine groups is 1. The standard InChI is InChI=1S/C26H31F2N3/c27-20-10-4-18(5-11-20)8-14-22-16-24-2-1-3-25-17-23(30-26(29-22)31(24)25)15-9-19-6-12-21(28)13-7-19/h4-7,10-13,22-25H,1-3,8-9,14-17H2,(H,29,30)/t22-,23+,24+,25-. The van der Waals surface area contributed by atoms with Gasteiger partial charge in [-0.3, -0.25) is 0 Å². The molecule has 0 saturated carbocycles. The fourth-order valence-corrected chi connectivity index (χ4v) is 5.61. The van der Waals surface area contributed by atoms with E-state index >= 15 is 0 Å². The van der Waals surface area contributed by atoms with Crippen LogP contribution in [0.4, 0.5) is 8.78 Å². The molecule has 0 bridgehead atoms. The van der Waals surface area contributed by atoms with E-state index < -0.39 is 0 Å². The van der Waals surface area contributed by atoms with Crippen LogP contribution in [0, 0.1) is 11.6 Å². The number of benzene rings is 2. The van der Waals surface area contributed by atoms with E-state index in [0.29, 0.717) is 24.2 Å². The van der Waals surface area contributed by atoms with Crippen LogP contribution in [0.3, 0.4) is 0 Å². The van der Waals surface area contributed by atoms with E-state index in [1.807, 2.05) is 24.3 Å². The zero-order valence-electron chi connectivity index (χ0n) is 17.9. The Morgan fingerprint density at radius 1 is 0.806 bits per heavy atom. The molecule has 2 aromatic carbocycles. The van der Waals surface area contributed by atoms with Crippen LogP contribution in [0.2, 0.25) is 0 Å². The van der Waals surface area contributed by atoms with Crippen LogP contribution in [0.15, 0.2) is 53.5 Å². The van der Waals surface area contributed by atoms with Gasteiger partial charge in [0, 0.05) is 18.1 Å². The highest BCUT2D eigenvalue weighted by atomic mass is 19.1. The molecule has 3 aliphatic heterocycles. The molecular formula is C26H31F2N3. The van der Waals surface area contributed by atoms with Crippen LogP contribution in [-0.2, 0) is 12.8 Å². The average molecular weight is 424 g/mol. The number of hydrogen-bond acceptors (Lipinski definition) is 3. The Bertz CT molecular complexity index is 909. The monoisotopic (exact) mass is 423 g/mol. The van der Waals surface area contributed by atoms with E-state index in [9.17, 15) is 8.78 Å². The molecule has 5 rings (SSSR count). The molecule has 2 aromatic rings. The van der Waals surface area contributed by atoms with E-state index in [2.05, 4.69) is 10.2 Å². The van der Waals surface area contributed by atoms with Crippen molar-refractivity contribution in [3.05, 3.63) is 71.3 Å². The summed E-state index contributed by atoms with van der Waals surface area (Å²) in [6, 6.07) is 15.7. The SMILES string of the molecule is Fc1ccc(CC[C@@H]2C[C@@H]3CCC[C@@H]4C[C@H](CCc5ccc(F)cc5)NC(=N2)N43)cc1. The minimum Gasteiger partial charge on any atom is -0.353 e. The molecule has 31 heavy (non-hydrogen) atoms. The van der Waals surface area contributed by atoms with Gasteiger partial charge in [-0.15, -0.1) is 0 Å². The number of aliphatic imine (C=N–C) groups is 1. The van der Waals surface area contributed by atoms with Gasteiger partial charge in [-0.1, -0.05) is 24.3 Å². The number of aryl methyl sites for hydroxylation is 2. The van der Waals surface area contributed by atoms with Gasteiger partial charge >= 0.3 is 0 Å². The van der Waals surface area contributed by atoms with Crippen LogP contribution in [0.5, 0.6) is 0 Å². The summed E-state index contributed by atoms with van der Waals surface area (Å²) in [5.41, 5.74) is 2.37. The van der Waals surface area contributed by atoms with E-state index in [1.54, 1.807) is 24.3 Å². The number of halogens is 2. The van der Waals surface area contributed by atoms with E-state index in [4.69, 9.17) is 4.99 Å². The van der Waals surface area contributed by atoms with Gasteiger partial charge in [0.15, 0.2) is 5.96 Å². The fraction of sp³-hybridized carbons (Fsp3) is 0.500. The molecule has 3 heterocycles. The van der Waals surface area contributed by atoms with Crippen LogP contribution in [0.1, 0.15) is 56.1 Å². The summed E-state index contributed by atoms with van der Waals surface area (Å²) in [6.45, 7) is 0. The second-order valence-corrected chi connectivity index (χ2v) is 9.40. The third kappa shape index (κ3) is 4.76. The maximum Gasteiger partial charge on any atom is 0.194 e. The third-order valence-electron chi connectivity index (χ3n) is 7.22. The van der Waals surface area contributed by atoms with Gasteiger partial charge < -0.3 is 10.2 Å². The van der Waals surface area contributed by atoms with Gasteiger partial charge in [0.25, 0.3) is 0 Å². The first-order valence-corrected chi connectivity index (χ1v) is 11.8. The Morgan fingerprint density at radius 2 is 1.39 bits per heavy atom. The molecule has 0 aromatic heterocycles. The van der Waals surface area contributed by atoms with Gasteiger partial charge in [-0.05, 0) is 93.2 Å². The van der Waals surface area contributed by atoms with Crippen molar-refractivity contribution in [3.8, 4) is 0 Å². The predicted octanol–water partition coefficient (Wildman–Crippen LogP) is 5.24. The lowest BCUT2D eigenvalue weighted by molar-refractivity contribution is 0.0987. The van der Waals surface area contributed by atoms with Crippen molar-refractivity contribution in [2.24, 2.45) is 4.99 Å². The zero-order valence-corrected chi connectivity index (χ0v) is 17.9. The maximum atomic E-state index is 13.2. The minimum atomic E-state index is -0.177. The largest absolute Gasteiger partial charge is 0.353 e. The molecule has 4 atom stereocenters. The quantitative estimate of drug-likeness (QED) is 0.688. The Labute approximate surface area is 183 Å². The topological polar surface area (TPSA) is 27.6 Å². The van der Waals surface area contributed by atoms with Crippen molar-refractivity contribution in [1.29, 1.82) is 0 Å². The molecule has 0 aliphatic carbocycles. The summed E-state index contributed by atoms with van der Waals surface area (Å²) < 4.78 is 26.4. The molecular weight excluding hydrogens is 392 g/mol. The van der Waals surface area contributed by atoms with Gasteiger partial charge in [0.05, 0.1) is 6.04 Å². The Hall–Kier alpha value is -2.43. The molecule has 2 fully saturated rings. The second-order valence-electron chi connectivity index (χ2n) is 9.40. The van der Waals surface area contributed by atoms with Gasteiger partial charge in [-0.2, -0.15) is 0 Å². The number of piperidine rings is 1. The molecule has 164 valence electrons. The molecule has 3 nitrogen and oxygen atoms in total. The fourth-order valence-electron chi connectivity index (χ4n) is 5.61. The van der Waals surface area contributed by atoms with Crippen molar-refractivity contribution in [3.63, 3.8) is 0 Å². The number of nitrogens with one attached hydrogen (secondary N) is 1. The second kappa shape index (κ2) is 8.97. The van der Waals surface area contributed by atoms with Gasteiger partial charge in [-0.25, -0.2) is 13.8 Å². The van der Waals surface area contributed by atoms with Gasteiger partial charge in [0.2, 0.25) is 0 Å². The van der Waals surface area contributed by atoms with E-state index in [-0.39, 0.29) is 11.6 Å². The Morgan fingerprint density at radius 3 is 2.03 bits per heavy atom. The van der Waals surface area contributed by atoms with Crippen LogP contribution in [0.25, 0.3) is 0 Å². The van der Waals surface area contributed by atoms with Crippen molar-refractivity contribution in [2.45, 2.75) is 82.0 Å². The van der Waals surface area contributed by atoms with Crippen molar-refractivity contribution >= 4 is 5.96 Å².